The highest BCUT2D eigenvalue weighted by atomic mass is 32.2. The molecule has 2 aromatic heterocycles. The number of sulfonamides is 1. The Hall–Kier alpha value is -4.67. The van der Waals surface area contributed by atoms with Gasteiger partial charge in [0.25, 0.3) is 0 Å². The van der Waals surface area contributed by atoms with E-state index in [1.54, 1.807) is 24.4 Å². The highest BCUT2D eigenvalue weighted by Crippen LogP contribution is 2.34. The number of rotatable bonds is 9. The van der Waals surface area contributed by atoms with E-state index in [0.717, 1.165) is 38.1 Å². The van der Waals surface area contributed by atoms with Gasteiger partial charge in [-0.1, -0.05) is 12.1 Å². The number of benzene rings is 2. The van der Waals surface area contributed by atoms with Crippen LogP contribution in [0.2, 0.25) is 0 Å². The molecule has 4 aromatic rings. The van der Waals surface area contributed by atoms with Gasteiger partial charge in [0.1, 0.15) is 0 Å². The lowest BCUT2D eigenvalue weighted by atomic mass is 10.1. The largest absolute Gasteiger partial charge is 0.435 e. The lowest BCUT2D eigenvalue weighted by Gasteiger charge is -2.23. The van der Waals surface area contributed by atoms with Gasteiger partial charge < -0.3 is 15.4 Å². The van der Waals surface area contributed by atoms with Crippen molar-refractivity contribution in [2.45, 2.75) is 24.6 Å². The molecule has 1 aliphatic rings. The lowest BCUT2D eigenvalue weighted by Crippen LogP contribution is -2.38. The van der Waals surface area contributed by atoms with Gasteiger partial charge in [0.2, 0.25) is 27.7 Å². The highest BCUT2D eigenvalue weighted by molar-refractivity contribution is 7.91. The van der Waals surface area contributed by atoms with Crippen LogP contribution in [0, 0.1) is 23.0 Å². The van der Waals surface area contributed by atoms with Crippen LogP contribution in [0.3, 0.4) is 0 Å². The average molecular weight is 578 g/mol. The maximum atomic E-state index is 15.1. The summed E-state index contributed by atoms with van der Waals surface area (Å²) in [4.78, 5) is 13.0. The van der Waals surface area contributed by atoms with E-state index >= 15 is 4.39 Å². The number of pyridine rings is 1. The van der Waals surface area contributed by atoms with Gasteiger partial charge in [-0.15, -0.1) is 0 Å². The Morgan fingerprint density at radius 1 is 1.05 bits per heavy atom. The summed E-state index contributed by atoms with van der Waals surface area (Å²) < 4.78 is 62.9. The summed E-state index contributed by atoms with van der Waals surface area (Å²) in [7, 11) is -4.09. The van der Waals surface area contributed by atoms with Gasteiger partial charge in [0.05, 0.1) is 34.3 Å². The van der Waals surface area contributed by atoms with E-state index in [2.05, 4.69) is 30.3 Å². The lowest BCUT2D eigenvalue weighted by molar-refractivity contribution is 0.407. The van der Waals surface area contributed by atoms with Crippen molar-refractivity contribution in [3.8, 4) is 29.0 Å². The van der Waals surface area contributed by atoms with Crippen LogP contribution in [-0.4, -0.2) is 42.5 Å². The van der Waals surface area contributed by atoms with E-state index in [9.17, 15) is 12.8 Å². The molecule has 41 heavy (non-hydrogen) atoms. The van der Waals surface area contributed by atoms with Crippen molar-refractivity contribution in [3.63, 3.8) is 0 Å². The molecule has 5 rings (SSSR count). The Morgan fingerprint density at radius 3 is 2.63 bits per heavy atom. The smallest absolute Gasteiger partial charge is 0.237 e. The number of nitrogens with one attached hydrogen (secondary N) is 3. The molecule has 1 fully saturated rings. The molecule has 1 aliphatic heterocycles. The Morgan fingerprint density at radius 2 is 1.88 bits per heavy atom. The Balaban J connectivity index is 1.33. The Labute approximate surface area is 235 Å². The number of hydrogen-bond donors (Lipinski definition) is 3. The molecule has 0 spiro atoms. The third kappa shape index (κ3) is 6.92. The monoisotopic (exact) mass is 577 g/mol. The van der Waals surface area contributed by atoms with Gasteiger partial charge in [0.15, 0.2) is 11.6 Å². The van der Waals surface area contributed by atoms with Crippen molar-refractivity contribution in [1.82, 2.24) is 20.3 Å². The maximum absolute atomic E-state index is 15.1. The van der Waals surface area contributed by atoms with Gasteiger partial charge in [-0.25, -0.2) is 27.8 Å². The Kier molecular flexibility index (Phi) is 8.32. The summed E-state index contributed by atoms with van der Waals surface area (Å²) in [6.07, 6.45) is 5.04. The van der Waals surface area contributed by atoms with Crippen molar-refractivity contribution in [2.24, 2.45) is 0 Å². The summed E-state index contributed by atoms with van der Waals surface area (Å²) in [5.74, 6) is -3.42. The van der Waals surface area contributed by atoms with Crippen molar-refractivity contribution >= 4 is 21.7 Å². The summed E-state index contributed by atoms with van der Waals surface area (Å²) in [6.45, 7) is 1.76. The number of piperidine rings is 1. The quantitative estimate of drug-likeness (QED) is 0.260. The van der Waals surface area contributed by atoms with Gasteiger partial charge >= 0.3 is 0 Å². The zero-order chi connectivity index (χ0) is 28.8. The van der Waals surface area contributed by atoms with E-state index in [1.807, 2.05) is 6.07 Å². The molecule has 2 aromatic carbocycles. The molecular weight excluding hydrogens is 552 g/mol. The average Bonchev–Trinajstić information content (AvgIpc) is 2.98. The van der Waals surface area contributed by atoms with Gasteiger partial charge in [0, 0.05) is 25.0 Å². The molecule has 3 heterocycles. The molecule has 13 heteroatoms. The standard InChI is InChI=1S/C28H25F2N7O3S/c29-25-23(37-41(38,39)17-19-7-5-18(15-31)6-8-19)9-10-24(26(25)30)40-27-21(4-2-13-33-27)22-11-14-34-28(36-22)35-20-3-1-12-32-16-20/h2,4-11,13-14,20,32,37H,1,3,12,16-17H2,(H,34,35,36). The maximum Gasteiger partial charge on any atom is 0.237 e. The first-order valence-electron chi connectivity index (χ1n) is 12.7. The minimum atomic E-state index is -4.09. The SMILES string of the molecule is N#Cc1ccc(CS(=O)(=O)Nc2ccc(Oc3ncccc3-c3ccnc(NC4CCCNC4)n3)c(F)c2F)cc1. The van der Waals surface area contributed by atoms with Crippen LogP contribution in [0.15, 0.2) is 67.0 Å². The van der Waals surface area contributed by atoms with Crippen molar-refractivity contribution < 1.29 is 21.9 Å². The number of anilines is 2. The molecule has 3 N–H and O–H groups in total. The minimum absolute atomic E-state index is 0.0241. The molecule has 0 aliphatic carbocycles. The van der Waals surface area contributed by atoms with E-state index in [4.69, 9.17) is 10.00 Å². The second-order valence-corrected chi connectivity index (χ2v) is 11.0. The van der Waals surface area contributed by atoms with Crippen LogP contribution in [0.4, 0.5) is 20.4 Å². The van der Waals surface area contributed by atoms with Crippen molar-refractivity contribution in [1.29, 1.82) is 5.26 Å². The van der Waals surface area contributed by atoms with Gasteiger partial charge in [-0.05, 0) is 67.4 Å². The van der Waals surface area contributed by atoms with Crippen LogP contribution in [0.25, 0.3) is 11.3 Å². The molecule has 1 saturated heterocycles. The molecule has 0 amide bonds. The molecule has 1 unspecified atom stereocenters. The van der Waals surface area contributed by atoms with E-state index in [1.165, 1.54) is 30.5 Å². The molecule has 210 valence electrons. The van der Waals surface area contributed by atoms with Crippen LogP contribution in [0.1, 0.15) is 24.0 Å². The predicted octanol–water partition coefficient (Wildman–Crippen LogP) is 4.59. The fourth-order valence-electron chi connectivity index (χ4n) is 4.30. The Bertz CT molecular complexity index is 1690. The molecular formula is C28H25F2N7O3S. The second kappa shape index (κ2) is 12.2. The summed E-state index contributed by atoms with van der Waals surface area (Å²) in [5, 5.41) is 15.5. The minimum Gasteiger partial charge on any atom is -0.435 e. The fraction of sp³-hybridized carbons (Fsp3) is 0.214. The van der Waals surface area contributed by atoms with E-state index < -0.39 is 38.8 Å². The van der Waals surface area contributed by atoms with Crippen LogP contribution in [0.5, 0.6) is 11.6 Å². The molecule has 0 saturated carbocycles. The first kappa shape index (κ1) is 27.9. The van der Waals surface area contributed by atoms with Crippen LogP contribution < -0.4 is 20.1 Å². The first-order valence-corrected chi connectivity index (χ1v) is 14.4. The zero-order valence-electron chi connectivity index (χ0n) is 21.6. The number of nitriles is 1. The fourth-order valence-corrected chi connectivity index (χ4v) is 5.49. The highest BCUT2D eigenvalue weighted by Gasteiger charge is 2.22. The molecule has 1 atom stereocenters. The van der Waals surface area contributed by atoms with Crippen LogP contribution in [-0.2, 0) is 15.8 Å². The van der Waals surface area contributed by atoms with Gasteiger partial charge in [-0.3, -0.25) is 4.72 Å². The number of halogens is 2. The number of hydrogen-bond acceptors (Lipinski definition) is 9. The van der Waals surface area contributed by atoms with Crippen molar-refractivity contribution in [2.75, 3.05) is 23.1 Å². The first-order chi connectivity index (χ1) is 19.8. The third-order valence-electron chi connectivity index (χ3n) is 6.29. The molecule has 0 radical (unpaired) electrons. The summed E-state index contributed by atoms with van der Waals surface area (Å²) >= 11 is 0. The van der Waals surface area contributed by atoms with Crippen LogP contribution >= 0.6 is 0 Å². The molecule has 10 nitrogen and oxygen atoms in total. The second-order valence-electron chi connectivity index (χ2n) is 9.32. The van der Waals surface area contributed by atoms with E-state index in [0.29, 0.717) is 28.3 Å². The topological polar surface area (TPSA) is 142 Å². The third-order valence-corrected chi connectivity index (χ3v) is 7.54. The predicted molar refractivity (Wildman–Crippen MR) is 149 cm³/mol. The molecule has 0 bridgehead atoms. The normalized spacial score (nSPS) is 15.1. The summed E-state index contributed by atoms with van der Waals surface area (Å²) in [6, 6.07) is 15.2. The van der Waals surface area contributed by atoms with Crippen molar-refractivity contribution in [3.05, 3.63) is 89.8 Å². The zero-order valence-corrected chi connectivity index (χ0v) is 22.5. The number of ether oxygens (including phenoxy) is 1. The number of aromatic nitrogens is 3. The number of nitrogens with zero attached hydrogens (tertiary/aromatic N) is 4. The van der Waals surface area contributed by atoms with E-state index in [-0.39, 0.29) is 11.9 Å². The summed E-state index contributed by atoms with van der Waals surface area (Å²) in [5.41, 5.74) is 1.05. The van der Waals surface area contributed by atoms with Gasteiger partial charge in [-0.2, -0.15) is 9.65 Å².